The highest BCUT2D eigenvalue weighted by atomic mass is 127. The molecule has 1 N–H and O–H groups in total. The fraction of sp³-hybridized carbons (Fsp3) is 0.417. The summed E-state index contributed by atoms with van der Waals surface area (Å²) < 4.78 is 1.09. The number of carbonyl (C=O) groups is 1. The van der Waals surface area contributed by atoms with Crippen molar-refractivity contribution in [2.24, 2.45) is 0 Å². The highest BCUT2D eigenvalue weighted by molar-refractivity contribution is 14.1. The maximum absolute atomic E-state index is 12.2. The molecule has 1 aromatic carbocycles. The van der Waals surface area contributed by atoms with Crippen LogP contribution >= 0.6 is 22.6 Å². The predicted molar refractivity (Wildman–Crippen MR) is 72.6 cm³/mol. The second kappa shape index (κ2) is 6.20. The Balaban J connectivity index is 2.99. The van der Waals surface area contributed by atoms with Gasteiger partial charge in [0.15, 0.2) is 0 Å². The summed E-state index contributed by atoms with van der Waals surface area (Å²) in [4.78, 5) is 13.8. The van der Waals surface area contributed by atoms with E-state index < -0.39 is 0 Å². The van der Waals surface area contributed by atoms with Gasteiger partial charge in [-0.05, 0) is 54.1 Å². The quantitative estimate of drug-likeness (QED) is 0.857. The smallest absolute Gasteiger partial charge is 0.254 e. The van der Waals surface area contributed by atoms with E-state index in [1.165, 1.54) is 0 Å². The second-order valence-corrected chi connectivity index (χ2v) is 4.68. The zero-order chi connectivity index (χ0) is 12.1. The zero-order valence-electron chi connectivity index (χ0n) is 9.53. The minimum atomic E-state index is -0.00688. The first-order valence-corrected chi connectivity index (χ1v) is 6.35. The van der Waals surface area contributed by atoms with E-state index in [2.05, 4.69) is 22.6 Å². The van der Waals surface area contributed by atoms with E-state index in [9.17, 15) is 4.79 Å². The summed E-state index contributed by atoms with van der Waals surface area (Å²) in [6.07, 6.45) is 0. The first kappa shape index (κ1) is 13.4. The molecule has 1 rings (SSSR count). The molecule has 0 aliphatic rings. The zero-order valence-corrected chi connectivity index (χ0v) is 11.7. The topological polar surface area (TPSA) is 40.5 Å². The molecule has 0 radical (unpaired) electrons. The summed E-state index contributed by atoms with van der Waals surface area (Å²) in [5.41, 5.74) is 1.73. The third-order valence-corrected chi connectivity index (χ3v) is 3.71. The first-order chi connectivity index (χ1) is 7.61. The average molecular weight is 333 g/mol. The van der Waals surface area contributed by atoms with E-state index in [4.69, 9.17) is 5.11 Å². The summed E-state index contributed by atoms with van der Waals surface area (Å²) in [6, 6.07) is 5.70. The van der Waals surface area contributed by atoms with Crippen LogP contribution in [0.3, 0.4) is 0 Å². The summed E-state index contributed by atoms with van der Waals surface area (Å²) in [6.45, 7) is 4.87. The Hall–Kier alpha value is -0.620. The molecule has 1 aromatic rings. The Morgan fingerprint density at radius 1 is 1.50 bits per heavy atom. The van der Waals surface area contributed by atoms with Gasteiger partial charge in [-0.15, -0.1) is 0 Å². The molecule has 3 nitrogen and oxygen atoms in total. The predicted octanol–water partition coefficient (Wildman–Crippen LogP) is 2.05. The van der Waals surface area contributed by atoms with Gasteiger partial charge in [0.05, 0.1) is 6.61 Å². The molecule has 0 aliphatic carbocycles. The molecular weight excluding hydrogens is 317 g/mol. The molecule has 88 valence electrons. The molecule has 0 bridgehead atoms. The third-order valence-electron chi connectivity index (χ3n) is 2.54. The minimum absolute atomic E-state index is 0.00253. The van der Waals surface area contributed by atoms with Crippen molar-refractivity contribution in [3.05, 3.63) is 32.9 Å². The molecule has 0 heterocycles. The van der Waals surface area contributed by atoms with Crippen LogP contribution < -0.4 is 0 Å². The van der Waals surface area contributed by atoms with Crippen molar-refractivity contribution in [3.8, 4) is 0 Å². The third kappa shape index (κ3) is 2.95. The van der Waals surface area contributed by atoms with Crippen LogP contribution in [0, 0.1) is 10.5 Å². The maximum Gasteiger partial charge on any atom is 0.254 e. The lowest BCUT2D eigenvalue weighted by atomic mass is 10.1. The number of hydrogen-bond donors (Lipinski definition) is 1. The number of aliphatic hydroxyl groups excluding tert-OH is 1. The molecule has 0 unspecified atom stereocenters. The number of amides is 1. The van der Waals surface area contributed by atoms with E-state index in [-0.39, 0.29) is 12.5 Å². The van der Waals surface area contributed by atoms with E-state index in [0.717, 1.165) is 14.7 Å². The van der Waals surface area contributed by atoms with Crippen molar-refractivity contribution in [1.29, 1.82) is 0 Å². The molecule has 0 fully saturated rings. The highest BCUT2D eigenvalue weighted by Crippen LogP contribution is 2.17. The average Bonchev–Trinajstić information content (AvgIpc) is 2.29. The lowest BCUT2D eigenvalue weighted by Gasteiger charge is -2.20. The fourth-order valence-electron chi connectivity index (χ4n) is 1.53. The van der Waals surface area contributed by atoms with Gasteiger partial charge in [-0.1, -0.05) is 6.07 Å². The van der Waals surface area contributed by atoms with Crippen molar-refractivity contribution in [3.63, 3.8) is 0 Å². The Morgan fingerprint density at radius 2 is 2.19 bits per heavy atom. The number of carbonyl (C=O) groups excluding carboxylic acids is 1. The van der Waals surface area contributed by atoms with Crippen LogP contribution in [0.25, 0.3) is 0 Å². The van der Waals surface area contributed by atoms with E-state index in [1.54, 1.807) is 4.90 Å². The molecule has 4 heteroatoms. The molecule has 0 saturated carbocycles. The number of hydrogen-bond acceptors (Lipinski definition) is 2. The summed E-state index contributed by atoms with van der Waals surface area (Å²) in [5, 5.41) is 8.89. The van der Waals surface area contributed by atoms with Gasteiger partial charge in [0.1, 0.15) is 0 Å². The van der Waals surface area contributed by atoms with Gasteiger partial charge < -0.3 is 10.0 Å². The standard InChI is InChI=1S/C12H16INO2/c1-3-14(7-8-15)12(16)10-5-4-6-11(13)9(10)2/h4-6,15H,3,7-8H2,1-2H3. The van der Waals surface area contributed by atoms with Gasteiger partial charge >= 0.3 is 0 Å². The van der Waals surface area contributed by atoms with Crippen molar-refractivity contribution in [1.82, 2.24) is 4.90 Å². The second-order valence-electron chi connectivity index (χ2n) is 3.52. The van der Waals surface area contributed by atoms with Crippen LogP contribution in [0.15, 0.2) is 18.2 Å². The van der Waals surface area contributed by atoms with Gasteiger partial charge in [-0.3, -0.25) is 4.79 Å². The van der Waals surface area contributed by atoms with Crippen molar-refractivity contribution in [2.75, 3.05) is 19.7 Å². The molecule has 0 saturated heterocycles. The molecule has 0 aromatic heterocycles. The van der Waals surface area contributed by atoms with Crippen LogP contribution in [0.2, 0.25) is 0 Å². The van der Waals surface area contributed by atoms with Gasteiger partial charge in [-0.2, -0.15) is 0 Å². The van der Waals surface area contributed by atoms with Crippen LogP contribution in [-0.2, 0) is 0 Å². The lowest BCUT2D eigenvalue weighted by Crippen LogP contribution is -2.33. The molecular formula is C12H16INO2. The minimum Gasteiger partial charge on any atom is -0.395 e. The molecule has 0 atom stereocenters. The highest BCUT2D eigenvalue weighted by Gasteiger charge is 2.16. The maximum atomic E-state index is 12.2. The number of aliphatic hydroxyl groups is 1. The Morgan fingerprint density at radius 3 is 2.75 bits per heavy atom. The number of likely N-dealkylation sites (N-methyl/N-ethyl adjacent to an activating group) is 1. The fourth-order valence-corrected chi connectivity index (χ4v) is 2.03. The van der Waals surface area contributed by atoms with Crippen molar-refractivity contribution in [2.45, 2.75) is 13.8 Å². The Labute approximate surface area is 110 Å². The van der Waals surface area contributed by atoms with Gasteiger partial charge in [0, 0.05) is 22.2 Å². The number of halogens is 1. The van der Waals surface area contributed by atoms with E-state index in [0.29, 0.717) is 13.1 Å². The van der Waals surface area contributed by atoms with E-state index >= 15 is 0 Å². The first-order valence-electron chi connectivity index (χ1n) is 5.27. The summed E-state index contributed by atoms with van der Waals surface area (Å²) in [7, 11) is 0. The lowest BCUT2D eigenvalue weighted by molar-refractivity contribution is 0.0731. The Bertz CT molecular complexity index is 379. The summed E-state index contributed by atoms with van der Waals surface area (Å²) in [5.74, 6) is -0.00688. The SMILES string of the molecule is CCN(CCO)C(=O)c1cccc(I)c1C. The number of rotatable bonds is 4. The van der Waals surface area contributed by atoms with Crippen molar-refractivity contribution >= 4 is 28.5 Å². The number of benzene rings is 1. The normalized spacial score (nSPS) is 10.2. The van der Waals surface area contributed by atoms with Gasteiger partial charge in [0.25, 0.3) is 5.91 Å². The molecule has 0 spiro atoms. The molecule has 1 amide bonds. The van der Waals surface area contributed by atoms with Crippen molar-refractivity contribution < 1.29 is 9.90 Å². The summed E-state index contributed by atoms with van der Waals surface area (Å²) >= 11 is 2.22. The van der Waals surface area contributed by atoms with E-state index in [1.807, 2.05) is 32.0 Å². The van der Waals surface area contributed by atoms with Crippen LogP contribution in [0.1, 0.15) is 22.8 Å². The molecule has 0 aliphatic heterocycles. The molecule has 16 heavy (non-hydrogen) atoms. The van der Waals surface area contributed by atoms with Crippen LogP contribution in [-0.4, -0.2) is 35.6 Å². The largest absolute Gasteiger partial charge is 0.395 e. The van der Waals surface area contributed by atoms with Crippen LogP contribution in [0.5, 0.6) is 0 Å². The van der Waals surface area contributed by atoms with Gasteiger partial charge in [-0.25, -0.2) is 0 Å². The number of nitrogens with zero attached hydrogens (tertiary/aromatic N) is 1. The monoisotopic (exact) mass is 333 g/mol. The Kier molecular flexibility index (Phi) is 5.21. The van der Waals surface area contributed by atoms with Crippen LogP contribution in [0.4, 0.5) is 0 Å². The van der Waals surface area contributed by atoms with Gasteiger partial charge in [0.2, 0.25) is 0 Å².